The molecule has 5 nitrogen and oxygen atoms in total. The minimum Gasteiger partial charge on any atom is -0.403 e. The van der Waals surface area contributed by atoms with E-state index in [1.165, 1.54) is 17.7 Å². The van der Waals surface area contributed by atoms with E-state index in [9.17, 15) is 18.0 Å². The summed E-state index contributed by atoms with van der Waals surface area (Å²) < 4.78 is 43.4. The van der Waals surface area contributed by atoms with E-state index in [0.29, 0.717) is 11.1 Å². The Morgan fingerprint density at radius 1 is 0.839 bits per heavy atom. The molecule has 8 heteroatoms. The van der Waals surface area contributed by atoms with Crippen LogP contribution in [0.2, 0.25) is 0 Å². The molecular formula is C23H16F3N3O2. The Bertz CT molecular complexity index is 1170. The van der Waals surface area contributed by atoms with E-state index < -0.39 is 17.6 Å². The fraction of sp³-hybridized carbons (Fsp3) is 0.0870. The molecule has 0 atom stereocenters. The molecule has 1 heterocycles. The molecule has 0 spiro atoms. The molecule has 3 aromatic carbocycles. The highest BCUT2D eigenvalue weighted by atomic mass is 19.4. The van der Waals surface area contributed by atoms with Crippen LogP contribution < -0.4 is 5.32 Å². The minimum absolute atomic E-state index is 0.00207. The quantitative estimate of drug-likeness (QED) is 0.454. The number of carbonyl (C=O) groups is 1. The molecule has 0 aliphatic heterocycles. The van der Waals surface area contributed by atoms with Crippen LogP contribution in [0.5, 0.6) is 0 Å². The third-order valence-corrected chi connectivity index (χ3v) is 4.57. The molecule has 0 saturated carbocycles. The Morgan fingerprint density at radius 3 is 2.13 bits per heavy atom. The molecule has 0 fully saturated rings. The molecule has 0 aliphatic rings. The molecule has 1 aromatic heterocycles. The van der Waals surface area contributed by atoms with Crippen LogP contribution in [0, 0.1) is 0 Å². The van der Waals surface area contributed by atoms with Crippen LogP contribution in [0.4, 0.5) is 19.2 Å². The molecule has 156 valence electrons. The van der Waals surface area contributed by atoms with Crippen LogP contribution in [0.3, 0.4) is 0 Å². The molecular weight excluding hydrogens is 407 g/mol. The average Bonchev–Trinajstić information content (AvgIpc) is 3.23. The number of hydrogen-bond acceptors (Lipinski definition) is 4. The summed E-state index contributed by atoms with van der Waals surface area (Å²) in [5.74, 6) is -0.434. The van der Waals surface area contributed by atoms with Crippen molar-refractivity contribution in [3.63, 3.8) is 0 Å². The zero-order valence-corrected chi connectivity index (χ0v) is 16.1. The van der Waals surface area contributed by atoms with E-state index in [-0.39, 0.29) is 11.9 Å². The number of anilines is 1. The number of nitrogens with zero attached hydrogens (tertiary/aromatic N) is 2. The van der Waals surface area contributed by atoms with Gasteiger partial charge in [-0.05, 0) is 53.9 Å². The maximum absolute atomic E-state index is 12.7. The van der Waals surface area contributed by atoms with Gasteiger partial charge in [0.1, 0.15) is 0 Å². The lowest BCUT2D eigenvalue weighted by atomic mass is 10.0. The van der Waals surface area contributed by atoms with Crippen molar-refractivity contribution in [3.8, 4) is 11.5 Å². The SMILES string of the molecule is O=C(Nc1nnc(-c2ccc(C(F)(F)F)cc2)o1)c1ccc(Cc2ccccc2)cc1. The van der Waals surface area contributed by atoms with E-state index >= 15 is 0 Å². The summed E-state index contributed by atoms with van der Waals surface area (Å²) in [7, 11) is 0. The van der Waals surface area contributed by atoms with Crippen LogP contribution in [-0.2, 0) is 12.6 Å². The number of alkyl halides is 3. The molecule has 4 rings (SSSR count). The molecule has 1 amide bonds. The topological polar surface area (TPSA) is 68.0 Å². The van der Waals surface area contributed by atoms with Crippen LogP contribution in [-0.4, -0.2) is 16.1 Å². The Hall–Kier alpha value is -3.94. The molecule has 0 bridgehead atoms. The van der Waals surface area contributed by atoms with E-state index in [4.69, 9.17) is 4.42 Å². The van der Waals surface area contributed by atoms with Gasteiger partial charge in [0.25, 0.3) is 5.91 Å². The standard InChI is InChI=1S/C23H16F3N3O2/c24-23(25,26)19-12-10-18(11-13-19)21-28-29-22(31-21)27-20(30)17-8-6-16(7-9-17)14-15-4-2-1-3-5-15/h1-13H,14H2,(H,27,29,30). The molecule has 0 radical (unpaired) electrons. The summed E-state index contributed by atoms with van der Waals surface area (Å²) in [5, 5.41) is 10.00. The number of carbonyl (C=O) groups excluding carboxylic acids is 1. The van der Waals surface area contributed by atoms with Crippen molar-refractivity contribution in [1.82, 2.24) is 10.2 Å². The van der Waals surface area contributed by atoms with Crippen molar-refractivity contribution in [3.05, 3.63) is 101 Å². The number of amides is 1. The maximum atomic E-state index is 12.7. The largest absolute Gasteiger partial charge is 0.416 e. The van der Waals surface area contributed by atoms with Gasteiger partial charge in [-0.2, -0.15) is 13.2 Å². The van der Waals surface area contributed by atoms with Crippen molar-refractivity contribution in [2.75, 3.05) is 5.32 Å². The van der Waals surface area contributed by atoms with Crippen LogP contribution >= 0.6 is 0 Å². The van der Waals surface area contributed by atoms with Crippen molar-refractivity contribution in [1.29, 1.82) is 0 Å². The highest BCUT2D eigenvalue weighted by molar-refractivity contribution is 6.03. The van der Waals surface area contributed by atoms with E-state index in [1.807, 2.05) is 42.5 Å². The first-order valence-electron chi connectivity index (χ1n) is 9.34. The lowest BCUT2D eigenvalue weighted by Crippen LogP contribution is -2.12. The second-order valence-electron chi connectivity index (χ2n) is 6.80. The Balaban J connectivity index is 1.41. The Kier molecular flexibility index (Phi) is 5.53. The maximum Gasteiger partial charge on any atom is 0.416 e. The smallest absolute Gasteiger partial charge is 0.403 e. The lowest BCUT2D eigenvalue weighted by molar-refractivity contribution is -0.137. The second-order valence-corrected chi connectivity index (χ2v) is 6.80. The highest BCUT2D eigenvalue weighted by Gasteiger charge is 2.30. The summed E-state index contributed by atoms with van der Waals surface area (Å²) in [6.45, 7) is 0. The van der Waals surface area contributed by atoms with Gasteiger partial charge in [0.2, 0.25) is 5.89 Å². The first-order chi connectivity index (χ1) is 14.9. The summed E-state index contributed by atoms with van der Waals surface area (Å²) in [5.41, 5.74) is 2.17. The summed E-state index contributed by atoms with van der Waals surface area (Å²) in [6.07, 6.45) is -3.67. The van der Waals surface area contributed by atoms with E-state index in [2.05, 4.69) is 15.5 Å². The number of aromatic nitrogens is 2. The van der Waals surface area contributed by atoms with Crippen LogP contribution in [0.25, 0.3) is 11.5 Å². The van der Waals surface area contributed by atoms with Crippen LogP contribution in [0.1, 0.15) is 27.0 Å². The second kappa shape index (κ2) is 8.43. The van der Waals surface area contributed by atoms with Gasteiger partial charge in [0.05, 0.1) is 5.56 Å². The molecule has 1 N–H and O–H groups in total. The normalized spacial score (nSPS) is 11.3. The molecule has 31 heavy (non-hydrogen) atoms. The summed E-state index contributed by atoms with van der Waals surface area (Å²) >= 11 is 0. The molecule has 4 aromatic rings. The van der Waals surface area contributed by atoms with Gasteiger partial charge in [0, 0.05) is 11.1 Å². The van der Waals surface area contributed by atoms with Gasteiger partial charge in [-0.15, -0.1) is 5.10 Å². The fourth-order valence-corrected chi connectivity index (χ4v) is 2.97. The average molecular weight is 423 g/mol. The predicted octanol–water partition coefficient (Wildman–Crippen LogP) is 5.60. The monoisotopic (exact) mass is 423 g/mol. The Morgan fingerprint density at radius 2 is 1.48 bits per heavy atom. The third-order valence-electron chi connectivity index (χ3n) is 4.57. The van der Waals surface area contributed by atoms with Crippen LogP contribution in [0.15, 0.2) is 83.3 Å². The summed E-state index contributed by atoms with van der Waals surface area (Å²) in [6, 6.07) is 21.2. The number of hydrogen-bond donors (Lipinski definition) is 1. The van der Waals surface area contributed by atoms with Crippen molar-refractivity contribution < 1.29 is 22.4 Å². The van der Waals surface area contributed by atoms with Gasteiger partial charge < -0.3 is 4.42 Å². The van der Waals surface area contributed by atoms with Gasteiger partial charge in [-0.1, -0.05) is 47.6 Å². The number of rotatable bonds is 5. The zero-order valence-electron chi connectivity index (χ0n) is 16.1. The van der Waals surface area contributed by atoms with Crippen molar-refractivity contribution >= 4 is 11.9 Å². The van der Waals surface area contributed by atoms with Crippen molar-refractivity contribution in [2.45, 2.75) is 12.6 Å². The number of nitrogens with one attached hydrogen (secondary N) is 1. The summed E-state index contributed by atoms with van der Waals surface area (Å²) in [4.78, 5) is 12.4. The first-order valence-corrected chi connectivity index (χ1v) is 9.34. The van der Waals surface area contributed by atoms with Gasteiger partial charge in [-0.25, -0.2) is 0 Å². The first kappa shape index (κ1) is 20.3. The Labute approximate surface area is 175 Å². The van der Waals surface area contributed by atoms with Gasteiger partial charge in [0.15, 0.2) is 0 Å². The van der Waals surface area contributed by atoms with Gasteiger partial charge >= 0.3 is 12.2 Å². The van der Waals surface area contributed by atoms with Crippen molar-refractivity contribution in [2.24, 2.45) is 0 Å². The van der Waals surface area contributed by atoms with Gasteiger partial charge in [-0.3, -0.25) is 10.1 Å². The molecule has 0 saturated heterocycles. The van der Waals surface area contributed by atoms with E-state index in [1.54, 1.807) is 12.1 Å². The predicted molar refractivity (Wildman–Crippen MR) is 108 cm³/mol. The molecule has 0 unspecified atom stereocenters. The van der Waals surface area contributed by atoms with E-state index in [0.717, 1.165) is 24.1 Å². The minimum atomic E-state index is -4.43. The third kappa shape index (κ3) is 4.98. The fourth-order valence-electron chi connectivity index (χ4n) is 2.97. The highest BCUT2D eigenvalue weighted by Crippen LogP contribution is 2.31. The zero-order chi connectivity index (χ0) is 21.8. The number of halogens is 3. The molecule has 0 aliphatic carbocycles. The number of benzene rings is 3. The lowest BCUT2D eigenvalue weighted by Gasteiger charge is -2.06.